The van der Waals surface area contributed by atoms with Gasteiger partial charge in [-0.1, -0.05) is 19.0 Å². The molecule has 0 aliphatic heterocycles. The van der Waals surface area contributed by atoms with Crippen LogP contribution in [0.25, 0.3) is 11.5 Å². The van der Waals surface area contributed by atoms with Crippen molar-refractivity contribution in [2.24, 2.45) is 0 Å². The molecular weight excluding hydrogens is 280 g/mol. The third-order valence-electron chi connectivity index (χ3n) is 3.20. The van der Waals surface area contributed by atoms with Crippen molar-refractivity contribution in [3.63, 3.8) is 0 Å². The zero-order chi connectivity index (χ0) is 15.4. The third kappa shape index (κ3) is 3.30. The van der Waals surface area contributed by atoms with Crippen molar-refractivity contribution in [1.82, 2.24) is 24.7 Å². The van der Waals surface area contributed by atoms with Gasteiger partial charge in [-0.15, -0.1) is 0 Å². The largest absolute Gasteiger partial charge is 0.368 e. The lowest BCUT2D eigenvalue weighted by Crippen LogP contribution is -2.10. The SMILES string of the molecule is CC(C)c1noc(-c2ccnc(NCCn3ccnc3)c2)n1. The van der Waals surface area contributed by atoms with E-state index in [1.165, 1.54) is 0 Å². The van der Waals surface area contributed by atoms with Gasteiger partial charge in [-0.3, -0.25) is 0 Å². The van der Waals surface area contributed by atoms with Gasteiger partial charge in [-0.05, 0) is 12.1 Å². The predicted octanol–water partition coefficient (Wildman–Crippen LogP) is 2.56. The Morgan fingerprint density at radius 1 is 1.32 bits per heavy atom. The summed E-state index contributed by atoms with van der Waals surface area (Å²) in [6.07, 6.45) is 7.21. The Labute approximate surface area is 128 Å². The van der Waals surface area contributed by atoms with E-state index in [0.29, 0.717) is 11.7 Å². The summed E-state index contributed by atoms with van der Waals surface area (Å²) in [6, 6.07) is 3.77. The summed E-state index contributed by atoms with van der Waals surface area (Å²) in [5.41, 5.74) is 0.861. The molecular formula is C15H18N6O. The van der Waals surface area contributed by atoms with Gasteiger partial charge in [-0.25, -0.2) is 9.97 Å². The van der Waals surface area contributed by atoms with E-state index in [0.717, 1.165) is 24.5 Å². The van der Waals surface area contributed by atoms with E-state index < -0.39 is 0 Å². The van der Waals surface area contributed by atoms with Gasteiger partial charge in [-0.2, -0.15) is 4.98 Å². The van der Waals surface area contributed by atoms with Gasteiger partial charge in [0.1, 0.15) is 5.82 Å². The lowest BCUT2D eigenvalue weighted by molar-refractivity contribution is 0.419. The second kappa shape index (κ2) is 6.38. The minimum atomic E-state index is 0.243. The van der Waals surface area contributed by atoms with E-state index in [1.807, 2.05) is 36.7 Å². The molecule has 3 heterocycles. The van der Waals surface area contributed by atoms with Crippen LogP contribution >= 0.6 is 0 Å². The molecule has 0 atom stereocenters. The number of imidazole rings is 1. The van der Waals surface area contributed by atoms with Crippen molar-refractivity contribution in [1.29, 1.82) is 0 Å². The summed E-state index contributed by atoms with van der Waals surface area (Å²) in [7, 11) is 0. The Morgan fingerprint density at radius 2 is 2.23 bits per heavy atom. The van der Waals surface area contributed by atoms with Crippen molar-refractivity contribution in [3.8, 4) is 11.5 Å². The summed E-state index contributed by atoms with van der Waals surface area (Å²) >= 11 is 0. The minimum absolute atomic E-state index is 0.243. The summed E-state index contributed by atoms with van der Waals surface area (Å²) in [5.74, 6) is 2.25. The van der Waals surface area contributed by atoms with Gasteiger partial charge in [0, 0.05) is 43.2 Å². The monoisotopic (exact) mass is 298 g/mol. The van der Waals surface area contributed by atoms with Gasteiger partial charge in [0.05, 0.1) is 6.33 Å². The van der Waals surface area contributed by atoms with E-state index in [9.17, 15) is 0 Å². The summed E-state index contributed by atoms with van der Waals surface area (Å²) < 4.78 is 7.31. The molecule has 1 N–H and O–H groups in total. The first-order valence-electron chi connectivity index (χ1n) is 7.22. The molecule has 0 spiro atoms. The van der Waals surface area contributed by atoms with Crippen LogP contribution in [0.3, 0.4) is 0 Å². The molecule has 0 radical (unpaired) electrons. The second-order valence-corrected chi connectivity index (χ2v) is 5.27. The fourth-order valence-electron chi connectivity index (χ4n) is 1.98. The average molecular weight is 298 g/mol. The highest BCUT2D eigenvalue weighted by molar-refractivity contribution is 5.57. The number of hydrogen-bond acceptors (Lipinski definition) is 6. The molecule has 0 saturated carbocycles. The van der Waals surface area contributed by atoms with E-state index in [-0.39, 0.29) is 5.92 Å². The number of anilines is 1. The Balaban J connectivity index is 1.66. The molecule has 114 valence electrons. The van der Waals surface area contributed by atoms with Crippen LogP contribution in [0.1, 0.15) is 25.6 Å². The summed E-state index contributed by atoms with van der Waals surface area (Å²) in [5, 5.41) is 7.25. The molecule has 0 bridgehead atoms. The van der Waals surface area contributed by atoms with Crippen molar-refractivity contribution >= 4 is 5.82 Å². The predicted molar refractivity (Wildman–Crippen MR) is 82.3 cm³/mol. The van der Waals surface area contributed by atoms with Gasteiger partial charge in [0.25, 0.3) is 5.89 Å². The third-order valence-corrected chi connectivity index (χ3v) is 3.20. The highest BCUT2D eigenvalue weighted by atomic mass is 16.5. The molecule has 0 aromatic carbocycles. The zero-order valence-electron chi connectivity index (χ0n) is 12.6. The van der Waals surface area contributed by atoms with E-state index in [4.69, 9.17) is 4.52 Å². The first kappa shape index (κ1) is 14.2. The second-order valence-electron chi connectivity index (χ2n) is 5.27. The van der Waals surface area contributed by atoms with Crippen LogP contribution in [-0.2, 0) is 6.54 Å². The molecule has 7 nitrogen and oxygen atoms in total. The quantitative estimate of drug-likeness (QED) is 0.753. The maximum atomic E-state index is 5.30. The van der Waals surface area contributed by atoms with E-state index >= 15 is 0 Å². The molecule has 3 rings (SSSR count). The normalized spacial score (nSPS) is 11.0. The van der Waals surface area contributed by atoms with E-state index in [2.05, 4.69) is 25.4 Å². The first-order valence-corrected chi connectivity index (χ1v) is 7.22. The number of nitrogens with zero attached hydrogens (tertiary/aromatic N) is 5. The standard InChI is InChI=1S/C15H18N6O/c1-11(2)14-19-15(22-20-14)12-3-4-17-13(9-12)18-6-8-21-7-5-16-10-21/h3-5,7,9-11H,6,8H2,1-2H3,(H,17,18). The lowest BCUT2D eigenvalue weighted by atomic mass is 10.2. The molecule has 0 aliphatic rings. The Bertz CT molecular complexity index is 719. The van der Waals surface area contributed by atoms with Crippen LogP contribution in [-0.4, -0.2) is 31.2 Å². The van der Waals surface area contributed by atoms with Crippen LogP contribution < -0.4 is 5.32 Å². The van der Waals surface area contributed by atoms with Crippen molar-refractivity contribution in [2.75, 3.05) is 11.9 Å². The highest BCUT2D eigenvalue weighted by Crippen LogP contribution is 2.21. The van der Waals surface area contributed by atoms with Crippen LogP contribution in [0.2, 0.25) is 0 Å². The first-order chi connectivity index (χ1) is 10.7. The van der Waals surface area contributed by atoms with Gasteiger partial charge < -0.3 is 14.4 Å². The number of pyridine rings is 1. The smallest absolute Gasteiger partial charge is 0.258 e. The fourth-order valence-corrected chi connectivity index (χ4v) is 1.98. The molecule has 0 amide bonds. The molecule has 3 aromatic heterocycles. The van der Waals surface area contributed by atoms with Crippen molar-refractivity contribution < 1.29 is 4.52 Å². The van der Waals surface area contributed by atoms with Crippen molar-refractivity contribution in [2.45, 2.75) is 26.3 Å². The molecule has 3 aromatic rings. The van der Waals surface area contributed by atoms with Crippen LogP contribution in [0.5, 0.6) is 0 Å². The van der Waals surface area contributed by atoms with Crippen LogP contribution in [0.15, 0.2) is 41.6 Å². The molecule has 7 heteroatoms. The number of rotatable bonds is 6. The average Bonchev–Trinajstić information content (AvgIpc) is 3.19. The minimum Gasteiger partial charge on any atom is -0.368 e. The Morgan fingerprint density at radius 3 is 2.95 bits per heavy atom. The molecule has 0 aliphatic carbocycles. The fraction of sp³-hybridized carbons (Fsp3) is 0.333. The Kier molecular flexibility index (Phi) is 4.13. The summed E-state index contributed by atoms with van der Waals surface area (Å²) in [6.45, 7) is 5.65. The molecule has 0 saturated heterocycles. The van der Waals surface area contributed by atoms with Gasteiger partial charge >= 0.3 is 0 Å². The highest BCUT2D eigenvalue weighted by Gasteiger charge is 2.11. The maximum absolute atomic E-state index is 5.30. The van der Waals surface area contributed by atoms with Gasteiger partial charge in [0.2, 0.25) is 0 Å². The zero-order valence-corrected chi connectivity index (χ0v) is 12.6. The van der Waals surface area contributed by atoms with Gasteiger partial charge in [0.15, 0.2) is 5.82 Å². The number of nitrogens with one attached hydrogen (secondary N) is 1. The van der Waals surface area contributed by atoms with Crippen LogP contribution in [0, 0.1) is 0 Å². The van der Waals surface area contributed by atoms with Crippen LogP contribution in [0.4, 0.5) is 5.82 Å². The lowest BCUT2D eigenvalue weighted by Gasteiger charge is -2.06. The van der Waals surface area contributed by atoms with E-state index in [1.54, 1.807) is 18.7 Å². The number of aromatic nitrogens is 5. The number of hydrogen-bond donors (Lipinski definition) is 1. The van der Waals surface area contributed by atoms with Crippen molar-refractivity contribution in [3.05, 3.63) is 42.9 Å². The molecule has 22 heavy (non-hydrogen) atoms. The Hall–Kier alpha value is -2.70. The summed E-state index contributed by atoms with van der Waals surface area (Å²) in [4.78, 5) is 12.7. The maximum Gasteiger partial charge on any atom is 0.258 e. The molecule has 0 fully saturated rings. The molecule has 0 unspecified atom stereocenters. The topological polar surface area (TPSA) is 81.7 Å².